The molecule has 29 heavy (non-hydrogen) atoms. The Morgan fingerprint density at radius 1 is 1.24 bits per heavy atom. The van der Waals surface area contributed by atoms with Gasteiger partial charge in [0.1, 0.15) is 18.4 Å². The summed E-state index contributed by atoms with van der Waals surface area (Å²) in [6.07, 6.45) is 6.36. The SMILES string of the molecule is C#CCOc1ccc(CCNC(=O)NC2CCN(c3ccccc3Cl)C2=O)cc1. The van der Waals surface area contributed by atoms with Crippen molar-refractivity contribution < 1.29 is 14.3 Å². The van der Waals surface area contributed by atoms with Crippen molar-refractivity contribution in [2.75, 3.05) is 24.6 Å². The molecule has 1 saturated heterocycles. The normalized spacial score (nSPS) is 15.7. The maximum absolute atomic E-state index is 12.6. The molecule has 7 heteroatoms. The van der Waals surface area contributed by atoms with Gasteiger partial charge in [-0.1, -0.05) is 41.8 Å². The molecule has 1 aliphatic rings. The van der Waals surface area contributed by atoms with Crippen molar-refractivity contribution in [1.29, 1.82) is 0 Å². The first kappa shape index (κ1) is 20.6. The van der Waals surface area contributed by atoms with E-state index in [1.54, 1.807) is 17.0 Å². The van der Waals surface area contributed by atoms with E-state index >= 15 is 0 Å². The molecule has 2 N–H and O–H groups in total. The van der Waals surface area contributed by atoms with Crippen LogP contribution < -0.4 is 20.3 Å². The highest BCUT2D eigenvalue weighted by Gasteiger charge is 2.34. The fourth-order valence-corrected chi connectivity index (χ4v) is 3.37. The number of hydrogen-bond acceptors (Lipinski definition) is 3. The molecular formula is C22H22ClN3O3. The van der Waals surface area contributed by atoms with Crippen LogP contribution in [-0.4, -0.2) is 37.7 Å². The van der Waals surface area contributed by atoms with Crippen molar-refractivity contribution in [2.24, 2.45) is 0 Å². The number of ether oxygens (including phenoxy) is 1. The summed E-state index contributed by atoms with van der Waals surface area (Å²) in [5.74, 6) is 2.97. The predicted molar refractivity (Wildman–Crippen MR) is 113 cm³/mol. The quantitative estimate of drug-likeness (QED) is 0.688. The Morgan fingerprint density at radius 3 is 2.72 bits per heavy atom. The van der Waals surface area contributed by atoms with Gasteiger partial charge < -0.3 is 20.3 Å². The summed E-state index contributed by atoms with van der Waals surface area (Å²) in [4.78, 5) is 26.4. The molecule has 3 rings (SSSR count). The second kappa shape index (κ2) is 9.85. The van der Waals surface area contributed by atoms with Crippen LogP contribution in [0.15, 0.2) is 48.5 Å². The molecule has 0 aliphatic carbocycles. The Balaban J connectivity index is 1.44. The smallest absolute Gasteiger partial charge is 0.315 e. The Bertz CT molecular complexity index is 908. The Labute approximate surface area is 175 Å². The van der Waals surface area contributed by atoms with E-state index in [0.29, 0.717) is 42.4 Å². The van der Waals surface area contributed by atoms with Crippen LogP contribution >= 0.6 is 11.6 Å². The molecule has 1 atom stereocenters. The molecule has 1 aliphatic heterocycles. The van der Waals surface area contributed by atoms with Gasteiger partial charge in [0.25, 0.3) is 0 Å². The summed E-state index contributed by atoms with van der Waals surface area (Å²) >= 11 is 6.17. The molecule has 3 amide bonds. The van der Waals surface area contributed by atoms with Crippen LogP contribution in [0.5, 0.6) is 5.75 Å². The monoisotopic (exact) mass is 411 g/mol. The maximum atomic E-state index is 12.6. The number of terminal acetylenes is 1. The number of carbonyl (C=O) groups excluding carboxylic acids is 2. The zero-order valence-corrected chi connectivity index (χ0v) is 16.6. The van der Waals surface area contributed by atoms with Gasteiger partial charge in [-0.15, -0.1) is 6.42 Å². The van der Waals surface area contributed by atoms with Crippen molar-refractivity contribution in [3.8, 4) is 18.1 Å². The molecule has 1 fully saturated rings. The van der Waals surface area contributed by atoms with Gasteiger partial charge in [0, 0.05) is 13.1 Å². The molecular weight excluding hydrogens is 390 g/mol. The first-order valence-corrected chi connectivity index (χ1v) is 9.72. The number of anilines is 1. The van der Waals surface area contributed by atoms with Crippen molar-refractivity contribution >= 4 is 29.2 Å². The van der Waals surface area contributed by atoms with Crippen LogP contribution in [0.25, 0.3) is 0 Å². The zero-order valence-electron chi connectivity index (χ0n) is 15.9. The van der Waals surface area contributed by atoms with Gasteiger partial charge in [0.15, 0.2) is 0 Å². The van der Waals surface area contributed by atoms with Crippen LogP contribution in [-0.2, 0) is 11.2 Å². The fourth-order valence-electron chi connectivity index (χ4n) is 3.13. The highest BCUT2D eigenvalue weighted by molar-refractivity contribution is 6.34. The highest BCUT2D eigenvalue weighted by atomic mass is 35.5. The van der Waals surface area contributed by atoms with Crippen molar-refractivity contribution in [3.05, 3.63) is 59.1 Å². The van der Waals surface area contributed by atoms with E-state index in [9.17, 15) is 9.59 Å². The van der Waals surface area contributed by atoms with Crippen molar-refractivity contribution in [1.82, 2.24) is 10.6 Å². The second-order valence-electron chi connectivity index (χ2n) is 6.57. The van der Waals surface area contributed by atoms with Crippen LogP contribution in [0, 0.1) is 12.3 Å². The van der Waals surface area contributed by atoms with E-state index in [-0.39, 0.29) is 18.5 Å². The number of benzene rings is 2. The summed E-state index contributed by atoms with van der Waals surface area (Å²) in [5, 5.41) is 6.05. The highest BCUT2D eigenvalue weighted by Crippen LogP contribution is 2.28. The molecule has 0 bridgehead atoms. The third-order valence-electron chi connectivity index (χ3n) is 4.60. The van der Waals surface area contributed by atoms with Gasteiger partial charge in [-0.05, 0) is 42.7 Å². The number of para-hydroxylation sites is 1. The van der Waals surface area contributed by atoms with E-state index in [1.165, 1.54) is 0 Å². The molecule has 1 unspecified atom stereocenters. The molecule has 0 aromatic heterocycles. The van der Waals surface area contributed by atoms with Crippen LogP contribution in [0.1, 0.15) is 12.0 Å². The largest absolute Gasteiger partial charge is 0.481 e. The van der Waals surface area contributed by atoms with Gasteiger partial charge in [-0.3, -0.25) is 4.79 Å². The topological polar surface area (TPSA) is 70.7 Å². The molecule has 0 spiro atoms. The van der Waals surface area contributed by atoms with E-state index in [2.05, 4.69) is 16.6 Å². The lowest BCUT2D eigenvalue weighted by Gasteiger charge is -2.18. The summed E-state index contributed by atoms with van der Waals surface area (Å²) in [5.41, 5.74) is 1.72. The summed E-state index contributed by atoms with van der Waals surface area (Å²) < 4.78 is 5.33. The lowest BCUT2D eigenvalue weighted by atomic mass is 10.1. The molecule has 2 aromatic rings. The average molecular weight is 412 g/mol. The summed E-state index contributed by atoms with van der Waals surface area (Å²) in [6.45, 7) is 1.20. The van der Waals surface area contributed by atoms with Gasteiger partial charge in [-0.25, -0.2) is 4.79 Å². The van der Waals surface area contributed by atoms with Crippen LogP contribution in [0.2, 0.25) is 5.02 Å². The minimum Gasteiger partial charge on any atom is -0.481 e. The van der Waals surface area contributed by atoms with Gasteiger partial charge in [0.05, 0.1) is 10.7 Å². The molecule has 6 nitrogen and oxygen atoms in total. The zero-order chi connectivity index (χ0) is 20.6. The Morgan fingerprint density at radius 2 is 2.00 bits per heavy atom. The molecule has 0 radical (unpaired) electrons. The first-order chi connectivity index (χ1) is 14.1. The molecule has 0 saturated carbocycles. The van der Waals surface area contributed by atoms with E-state index in [4.69, 9.17) is 22.8 Å². The number of halogens is 1. The number of amides is 3. The number of carbonyl (C=O) groups is 2. The number of nitrogens with zero attached hydrogens (tertiary/aromatic N) is 1. The number of hydrogen-bond donors (Lipinski definition) is 2. The standard InChI is InChI=1S/C22H22ClN3O3/c1-2-15-29-17-9-7-16(8-10-17)11-13-24-22(28)25-19-12-14-26(21(19)27)20-6-4-3-5-18(20)23/h1,3-10,19H,11-15H2,(H2,24,25,28). The minimum atomic E-state index is -0.557. The third kappa shape index (κ3) is 5.43. The minimum absolute atomic E-state index is 0.157. The van der Waals surface area contributed by atoms with E-state index in [1.807, 2.05) is 36.4 Å². The molecule has 2 aromatic carbocycles. The number of urea groups is 1. The van der Waals surface area contributed by atoms with Gasteiger partial charge in [-0.2, -0.15) is 0 Å². The number of nitrogens with one attached hydrogen (secondary N) is 2. The Hall–Kier alpha value is -3.17. The Kier molecular flexibility index (Phi) is 6.99. The number of rotatable bonds is 7. The van der Waals surface area contributed by atoms with Crippen LogP contribution in [0.3, 0.4) is 0 Å². The lowest BCUT2D eigenvalue weighted by molar-refractivity contribution is -0.118. The summed E-state index contributed by atoms with van der Waals surface area (Å²) in [7, 11) is 0. The van der Waals surface area contributed by atoms with E-state index < -0.39 is 6.04 Å². The van der Waals surface area contributed by atoms with Crippen molar-refractivity contribution in [2.45, 2.75) is 18.9 Å². The fraction of sp³-hybridized carbons (Fsp3) is 0.273. The average Bonchev–Trinajstić information content (AvgIpc) is 3.08. The van der Waals surface area contributed by atoms with Gasteiger partial charge >= 0.3 is 6.03 Å². The van der Waals surface area contributed by atoms with E-state index in [0.717, 1.165) is 5.56 Å². The second-order valence-corrected chi connectivity index (χ2v) is 6.98. The third-order valence-corrected chi connectivity index (χ3v) is 4.92. The van der Waals surface area contributed by atoms with Gasteiger partial charge in [0.2, 0.25) is 5.91 Å². The van der Waals surface area contributed by atoms with Crippen molar-refractivity contribution in [3.63, 3.8) is 0 Å². The van der Waals surface area contributed by atoms with Crippen LogP contribution in [0.4, 0.5) is 10.5 Å². The maximum Gasteiger partial charge on any atom is 0.315 e. The lowest BCUT2D eigenvalue weighted by Crippen LogP contribution is -2.46. The predicted octanol–water partition coefficient (Wildman–Crippen LogP) is 3.00. The summed E-state index contributed by atoms with van der Waals surface area (Å²) in [6, 6.07) is 13.8. The molecule has 1 heterocycles. The molecule has 150 valence electrons. The first-order valence-electron chi connectivity index (χ1n) is 9.34.